The van der Waals surface area contributed by atoms with Gasteiger partial charge in [-0.2, -0.15) is 0 Å². The highest BCUT2D eigenvalue weighted by molar-refractivity contribution is 6.62. The summed E-state index contributed by atoms with van der Waals surface area (Å²) < 4.78 is 5.00. The molecule has 12 heavy (non-hydrogen) atoms. The number of ether oxygens (including phenoxy) is 1. The fourth-order valence-corrected chi connectivity index (χ4v) is 0.908. The van der Waals surface area contributed by atoms with E-state index in [1.807, 2.05) is 0 Å². The minimum Gasteiger partial charge on any atom is -0.429 e. The first-order chi connectivity index (χ1) is 5.72. The van der Waals surface area contributed by atoms with Crippen molar-refractivity contribution in [3.8, 4) is 0 Å². The normalized spacial score (nSPS) is 16.1. The maximum atomic E-state index is 10.4. The van der Waals surface area contributed by atoms with Crippen LogP contribution in [0.2, 0.25) is 0 Å². The summed E-state index contributed by atoms with van der Waals surface area (Å²) in [6.45, 7) is 2.47. The van der Waals surface area contributed by atoms with Gasteiger partial charge in [0.05, 0.1) is 13.2 Å². The van der Waals surface area contributed by atoms with Gasteiger partial charge >= 0.3 is 13.1 Å². The predicted molar refractivity (Wildman–Crippen MR) is 43.8 cm³/mol. The number of morpholine rings is 1. The summed E-state index contributed by atoms with van der Waals surface area (Å²) in [7, 11) is 0. The predicted octanol–water partition coefficient (Wildman–Crippen LogP) is -0.817. The molecule has 0 spiro atoms. The number of nitrogens with zero attached hydrogens (tertiary/aromatic N) is 1. The van der Waals surface area contributed by atoms with E-state index >= 15 is 0 Å². The molecule has 1 amide bonds. The van der Waals surface area contributed by atoms with Crippen molar-refractivity contribution >= 4 is 24.7 Å². The van der Waals surface area contributed by atoms with E-state index in [4.69, 9.17) is 26.4 Å². The summed E-state index contributed by atoms with van der Waals surface area (Å²) >= 11 is 5.19. The van der Waals surface area contributed by atoms with Gasteiger partial charge in [0.25, 0.3) is 0 Å². The topological polar surface area (TPSA) is 70.0 Å². The molecule has 1 heterocycles. The number of hydrogen-bond donors (Lipinski definition) is 2. The number of carbonyl (C=O) groups is 1. The summed E-state index contributed by atoms with van der Waals surface area (Å²) in [5.41, 5.74) is 0. The Labute approximate surface area is 76.2 Å². The monoisotopic (exact) mass is 194 g/mol. The van der Waals surface area contributed by atoms with Crippen LogP contribution in [0.25, 0.3) is 0 Å². The van der Waals surface area contributed by atoms with Crippen LogP contribution in [0.3, 0.4) is 0 Å². The van der Waals surface area contributed by atoms with E-state index in [1.54, 1.807) is 4.90 Å². The molecule has 0 aromatic rings. The van der Waals surface area contributed by atoms with Crippen molar-refractivity contribution in [1.29, 1.82) is 0 Å². The zero-order valence-corrected chi connectivity index (χ0v) is 7.20. The van der Waals surface area contributed by atoms with Gasteiger partial charge in [0.15, 0.2) is 0 Å². The molecule has 69 valence electrons. The Balaban J connectivity index is 0.000000354. The first-order valence-electron chi connectivity index (χ1n) is 3.34. The summed E-state index contributed by atoms with van der Waals surface area (Å²) in [5.74, 6) is 0. The smallest absolute Gasteiger partial charge is 0.429 e. The van der Waals surface area contributed by atoms with Crippen LogP contribution in [-0.4, -0.2) is 54.3 Å². The number of carbonyl (C=O) groups excluding carboxylic acids is 1. The number of hydrogen-bond acceptors (Lipinski definition) is 4. The fraction of sp³-hybridized carbons (Fsp3) is 0.800. The summed E-state index contributed by atoms with van der Waals surface area (Å²) in [5, 5.41) is 13.6. The highest BCUT2D eigenvalue weighted by Crippen LogP contribution is 2.00. The summed E-state index contributed by atoms with van der Waals surface area (Å²) in [4.78, 5) is 12.0. The molecule has 0 saturated carbocycles. The molecule has 0 aliphatic carbocycles. The average Bonchev–Trinajstić information content (AvgIpc) is 2.07. The van der Waals surface area contributed by atoms with E-state index < -0.39 is 0 Å². The van der Waals surface area contributed by atoms with Crippen LogP contribution in [0.4, 0.5) is 4.79 Å². The van der Waals surface area contributed by atoms with Crippen molar-refractivity contribution in [3.63, 3.8) is 0 Å². The largest absolute Gasteiger partial charge is 0.482 e. The van der Waals surface area contributed by atoms with E-state index in [2.05, 4.69) is 0 Å². The molecule has 0 unspecified atom stereocenters. The second-order valence-corrected chi connectivity index (χ2v) is 2.29. The Morgan fingerprint density at radius 2 is 1.83 bits per heavy atom. The van der Waals surface area contributed by atoms with Gasteiger partial charge in [-0.15, -0.1) is 0 Å². The fourth-order valence-electron chi connectivity index (χ4n) is 0.739. The van der Waals surface area contributed by atoms with Gasteiger partial charge in [-0.25, -0.2) is 0 Å². The Hall–Kier alpha value is -0.295. The Morgan fingerprint density at radius 3 is 2.08 bits per heavy atom. The van der Waals surface area contributed by atoms with E-state index in [0.29, 0.717) is 26.3 Å². The molecule has 0 aromatic heterocycles. The van der Waals surface area contributed by atoms with Gasteiger partial charge in [-0.05, 0) is 11.6 Å². The molecule has 1 fully saturated rings. The van der Waals surface area contributed by atoms with Crippen LogP contribution in [0, 0.1) is 0 Å². The Bertz CT molecular complexity index is 131. The quantitative estimate of drug-likeness (QED) is 0.300. The third-order valence-electron chi connectivity index (χ3n) is 1.26. The lowest BCUT2D eigenvalue weighted by Crippen LogP contribution is -2.37. The minimum atomic E-state index is -0.377. The third-order valence-corrected chi connectivity index (χ3v) is 1.50. The van der Waals surface area contributed by atoms with Crippen molar-refractivity contribution in [1.82, 2.24) is 4.90 Å². The maximum absolute atomic E-state index is 10.4. The van der Waals surface area contributed by atoms with E-state index in [0.717, 1.165) is 0 Å². The Kier molecular flexibility index (Phi) is 7.18. The second kappa shape index (κ2) is 7.36. The zero-order valence-electron chi connectivity index (χ0n) is 6.44. The first-order valence-corrected chi connectivity index (χ1v) is 3.72. The lowest BCUT2D eigenvalue weighted by atomic mass is 10.5. The van der Waals surface area contributed by atoms with E-state index in [-0.39, 0.29) is 13.1 Å². The van der Waals surface area contributed by atoms with E-state index in [1.165, 1.54) is 0 Å². The molecule has 5 nitrogen and oxygen atoms in total. The van der Waals surface area contributed by atoms with Gasteiger partial charge in [0, 0.05) is 13.1 Å². The molecule has 7 heteroatoms. The molecule has 1 saturated heterocycles. The third kappa shape index (κ3) is 5.37. The summed E-state index contributed by atoms with van der Waals surface area (Å²) in [6.07, 6.45) is 0. The second-order valence-electron chi connectivity index (χ2n) is 1.97. The maximum Gasteiger partial charge on any atom is 0.482 e. The summed E-state index contributed by atoms with van der Waals surface area (Å²) in [6, 6.07) is 0. The lowest BCUT2D eigenvalue weighted by molar-refractivity contribution is 0.0589. The average molecular weight is 194 g/mol. The van der Waals surface area contributed by atoms with Crippen molar-refractivity contribution < 1.29 is 19.6 Å². The van der Waals surface area contributed by atoms with Gasteiger partial charge in [0.2, 0.25) is 0 Å². The van der Waals surface area contributed by atoms with Crippen LogP contribution < -0.4 is 0 Å². The molecule has 1 aliphatic heterocycles. The number of halogens is 1. The molecule has 0 aromatic carbocycles. The molecule has 2 N–H and O–H groups in total. The molecular weight excluding hydrogens is 184 g/mol. The molecule has 1 rings (SSSR count). The van der Waals surface area contributed by atoms with Crippen LogP contribution in [0.15, 0.2) is 0 Å². The molecule has 0 bridgehead atoms. The molecule has 1 aliphatic rings. The van der Waals surface area contributed by atoms with Gasteiger partial charge in [-0.1, -0.05) is 0 Å². The Morgan fingerprint density at radius 1 is 1.42 bits per heavy atom. The SMILES string of the molecule is O=C(Cl)N1CCOCC1.O[B]O. The highest BCUT2D eigenvalue weighted by Gasteiger charge is 2.13. The lowest BCUT2D eigenvalue weighted by Gasteiger charge is -2.23. The van der Waals surface area contributed by atoms with Crippen molar-refractivity contribution in [2.75, 3.05) is 26.3 Å². The van der Waals surface area contributed by atoms with Crippen molar-refractivity contribution in [2.45, 2.75) is 0 Å². The van der Waals surface area contributed by atoms with Crippen molar-refractivity contribution in [3.05, 3.63) is 0 Å². The zero-order chi connectivity index (χ0) is 9.40. The number of rotatable bonds is 0. The van der Waals surface area contributed by atoms with E-state index in [9.17, 15) is 4.79 Å². The minimum absolute atomic E-state index is 0. The van der Waals surface area contributed by atoms with Crippen LogP contribution in [0.1, 0.15) is 0 Å². The molecule has 0 atom stereocenters. The highest BCUT2D eigenvalue weighted by atomic mass is 35.5. The van der Waals surface area contributed by atoms with Gasteiger partial charge in [0.1, 0.15) is 0 Å². The van der Waals surface area contributed by atoms with Gasteiger partial charge < -0.3 is 19.7 Å². The standard InChI is InChI=1S/C5H8ClNO2.BH2O2/c6-5(8)7-1-3-9-4-2-7;2-1-3/h1-4H2;2-3H. The van der Waals surface area contributed by atoms with Crippen LogP contribution >= 0.6 is 11.6 Å². The first kappa shape index (κ1) is 11.7. The molecular formula is C5H10BClNO4. The van der Waals surface area contributed by atoms with Crippen LogP contribution in [-0.2, 0) is 4.74 Å². The van der Waals surface area contributed by atoms with Crippen molar-refractivity contribution in [2.24, 2.45) is 0 Å². The number of amides is 1. The van der Waals surface area contributed by atoms with Gasteiger partial charge in [-0.3, -0.25) is 4.79 Å². The van der Waals surface area contributed by atoms with Crippen LogP contribution in [0.5, 0.6) is 0 Å². The molecule has 1 radical (unpaired) electrons.